The van der Waals surface area contributed by atoms with E-state index < -0.39 is 0 Å². The molecule has 0 aromatic heterocycles. The maximum atomic E-state index is 5.79. The molecule has 0 amide bonds. The Kier molecular flexibility index (Phi) is 4.78. The highest BCUT2D eigenvalue weighted by Gasteiger charge is 2.30. The molecule has 1 unspecified atom stereocenters. The molecule has 0 bridgehead atoms. The first-order valence-electron chi connectivity index (χ1n) is 8.51. The molecular formula is C16H31N3. The Hall–Kier alpha value is -0.120. The summed E-state index contributed by atoms with van der Waals surface area (Å²) in [6.45, 7) is 7.61. The fourth-order valence-corrected chi connectivity index (χ4v) is 4.40. The van der Waals surface area contributed by atoms with Gasteiger partial charge in [0, 0.05) is 32.2 Å². The molecule has 3 nitrogen and oxygen atoms in total. The van der Waals surface area contributed by atoms with Crippen LogP contribution in [0.5, 0.6) is 0 Å². The highest BCUT2D eigenvalue weighted by molar-refractivity contribution is 4.86. The highest BCUT2D eigenvalue weighted by Crippen LogP contribution is 2.30. The Morgan fingerprint density at radius 3 is 2.42 bits per heavy atom. The second-order valence-corrected chi connectivity index (χ2v) is 7.07. The molecule has 3 rings (SSSR count). The van der Waals surface area contributed by atoms with E-state index >= 15 is 0 Å². The van der Waals surface area contributed by atoms with Gasteiger partial charge in [0.25, 0.3) is 0 Å². The molecule has 1 aliphatic carbocycles. The zero-order chi connectivity index (χ0) is 13.1. The van der Waals surface area contributed by atoms with Crippen LogP contribution in [0.2, 0.25) is 0 Å². The summed E-state index contributed by atoms with van der Waals surface area (Å²) in [6.07, 6.45) is 9.93. The predicted molar refractivity (Wildman–Crippen MR) is 80.2 cm³/mol. The molecule has 2 N–H and O–H groups in total. The normalized spacial score (nSPS) is 38.1. The molecule has 2 saturated heterocycles. The minimum atomic E-state index is 0.825. The van der Waals surface area contributed by atoms with E-state index in [2.05, 4.69) is 9.80 Å². The summed E-state index contributed by atoms with van der Waals surface area (Å²) in [6, 6.07) is 0.878. The monoisotopic (exact) mass is 265 g/mol. The molecule has 2 heterocycles. The first-order chi connectivity index (χ1) is 9.35. The number of hydrogen-bond acceptors (Lipinski definition) is 3. The van der Waals surface area contributed by atoms with Crippen LogP contribution in [0.15, 0.2) is 0 Å². The standard InChI is InChI=1S/C16H31N3/c17-11-14-4-6-15(7-5-14)12-18-9-10-19-8-2-1-3-16(19)13-18/h14-16H,1-13,17H2. The number of piperidine rings is 1. The molecule has 110 valence electrons. The molecule has 1 atom stereocenters. The fourth-order valence-electron chi connectivity index (χ4n) is 4.40. The summed E-state index contributed by atoms with van der Waals surface area (Å²) in [4.78, 5) is 5.51. The van der Waals surface area contributed by atoms with Crippen molar-refractivity contribution in [2.24, 2.45) is 17.6 Å². The number of fused-ring (bicyclic) bond motifs is 1. The Morgan fingerprint density at radius 1 is 0.842 bits per heavy atom. The minimum Gasteiger partial charge on any atom is -0.330 e. The van der Waals surface area contributed by atoms with E-state index in [1.54, 1.807) is 0 Å². The van der Waals surface area contributed by atoms with Gasteiger partial charge in [-0.15, -0.1) is 0 Å². The predicted octanol–water partition coefficient (Wildman–Crippen LogP) is 1.92. The molecule has 3 aliphatic rings. The quantitative estimate of drug-likeness (QED) is 0.846. The van der Waals surface area contributed by atoms with E-state index in [1.807, 2.05) is 0 Å². The van der Waals surface area contributed by atoms with Crippen molar-refractivity contribution in [2.75, 3.05) is 39.3 Å². The second-order valence-electron chi connectivity index (χ2n) is 7.07. The van der Waals surface area contributed by atoms with Gasteiger partial charge in [0.05, 0.1) is 0 Å². The van der Waals surface area contributed by atoms with E-state index in [9.17, 15) is 0 Å². The third-order valence-corrected chi connectivity index (χ3v) is 5.74. The molecule has 0 aromatic rings. The van der Waals surface area contributed by atoms with Crippen molar-refractivity contribution in [3.05, 3.63) is 0 Å². The first kappa shape index (κ1) is 13.8. The van der Waals surface area contributed by atoms with Gasteiger partial charge >= 0.3 is 0 Å². The molecule has 0 radical (unpaired) electrons. The van der Waals surface area contributed by atoms with E-state index in [0.29, 0.717) is 0 Å². The Bertz CT molecular complexity index is 273. The molecule has 0 spiro atoms. The molecule has 1 saturated carbocycles. The lowest BCUT2D eigenvalue weighted by atomic mass is 9.81. The lowest BCUT2D eigenvalue weighted by molar-refractivity contribution is 0.0371. The minimum absolute atomic E-state index is 0.825. The van der Waals surface area contributed by atoms with Crippen molar-refractivity contribution < 1.29 is 0 Å². The zero-order valence-corrected chi connectivity index (χ0v) is 12.4. The van der Waals surface area contributed by atoms with Crippen molar-refractivity contribution in [2.45, 2.75) is 51.0 Å². The molecule has 19 heavy (non-hydrogen) atoms. The third-order valence-electron chi connectivity index (χ3n) is 5.74. The van der Waals surface area contributed by atoms with Gasteiger partial charge in [0.2, 0.25) is 0 Å². The van der Waals surface area contributed by atoms with Crippen LogP contribution in [-0.4, -0.2) is 55.1 Å². The van der Waals surface area contributed by atoms with Crippen LogP contribution in [0.1, 0.15) is 44.9 Å². The number of nitrogens with zero attached hydrogens (tertiary/aromatic N) is 2. The van der Waals surface area contributed by atoms with E-state index in [0.717, 1.165) is 24.4 Å². The topological polar surface area (TPSA) is 32.5 Å². The van der Waals surface area contributed by atoms with Gasteiger partial charge < -0.3 is 10.6 Å². The molecule has 0 aromatic carbocycles. The van der Waals surface area contributed by atoms with Crippen molar-refractivity contribution in [3.63, 3.8) is 0 Å². The maximum Gasteiger partial charge on any atom is 0.0223 e. The van der Waals surface area contributed by atoms with Gasteiger partial charge in [0.1, 0.15) is 0 Å². The average molecular weight is 265 g/mol. The first-order valence-corrected chi connectivity index (χ1v) is 8.51. The smallest absolute Gasteiger partial charge is 0.0223 e. The zero-order valence-electron chi connectivity index (χ0n) is 12.4. The van der Waals surface area contributed by atoms with Gasteiger partial charge in [-0.1, -0.05) is 6.42 Å². The number of piperazine rings is 1. The van der Waals surface area contributed by atoms with Crippen LogP contribution >= 0.6 is 0 Å². The maximum absolute atomic E-state index is 5.79. The number of rotatable bonds is 3. The van der Waals surface area contributed by atoms with Crippen LogP contribution in [0.4, 0.5) is 0 Å². The summed E-state index contributed by atoms with van der Waals surface area (Å²) in [5.74, 6) is 1.78. The van der Waals surface area contributed by atoms with E-state index in [4.69, 9.17) is 5.73 Å². The van der Waals surface area contributed by atoms with Gasteiger partial charge in [0.15, 0.2) is 0 Å². The highest BCUT2D eigenvalue weighted by atomic mass is 15.3. The van der Waals surface area contributed by atoms with Crippen molar-refractivity contribution >= 4 is 0 Å². The average Bonchev–Trinajstić information content (AvgIpc) is 2.48. The van der Waals surface area contributed by atoms with Crippen molar-refractivity contribution in [1.29, 1.82) is 0 Å². The van der Waals surface area contributed by atoms with Gasteiger partial charge in [-0.25, -0.2) is 0 Å². The van der Waals surface area contributed by atoms with E-state index in [-0.39, 0.29) is 0 Å². The molecule has 3 fully saturated rings. The van der Waals surface area contributed by atoms with Crippen LogP contribution < -0.4 is 5.73 Å². The number of hydrogen-bond donors (Lipinski definition) is 1. The summed E-state index contributed by atoms with van der Waals surface area (Å²) < 4.78 is 0. The molecular weight excluding hydrogens is 234 g/mol. The van der Waals surface area contributed by atoms with Crippen molar-refractivity contribution in [3.8, 4) is 0 Å². The van der Waals surface area contributed by atoms with E-state index in [1.165, 1.54) is 77.7 Å². The lowest BCUT2D eigenvalue weighted by Gasteiger charge is -2.45. The third kappa shape index (κ3) is 3.50. The van der Waals surface area contributed by atoms with Crippen LogP contribution in [-0.2, 0) is 0 Å². The van der Waals surface area contributed by atoms with Gasteiger partial charge in [-0.05, 0) is 63.5 Å². The van der Waals surface area contributed by atoms with Crippen LogP contribution in [0, 0.1) is 11.8 Å². The summed E-state index contributed by atoms with van der Waals surface area (Å²) >= 11 is 0. The van der Waals surface area contributed by atoms with Gasteiger partial charge in [-0.3, -0.25) is 4.90 Å². The number of nitrogens with two attached hydrogens (primary N) is 1. The summed E-state index contributed by atoms with van der Waals surface area (Å²) in [7, 11) is 0. The molecule has 2 aliphatic heterocycles. The van der Waals surface area contributed by atoms with Crippen LogP contribution in [0.3, 0.4) is 0 Å². The summed E-state index contributed by atoms with van der Waals surface area (Å²) in [5, 5.41) is 0. The van der Waals surface area contributed by atoms with Crippen molar-refractivity contribution in [1.82, 2.24) is 9.80 Å². The Labute approximate surface area is 118 Å². The molecule has 3 heteroatoms. The largest absolute Gasteiger partial charge is 0.330 e. The fraction of sp³-hybridized carbons (Fsp3) is 1.00. The van der Waals surface area contributed by atoms with Gasteiger partial charge in [-0.2, -0.15) is 0 Å². The summed E-state index contributed by atoms with van der Waals surface area (Å²) in [5.41, 5.74) is 5.79. The Balaban J connectivity index is 1.43. The second kappa shape index (κ2) is 6.55. The SMILES string of the molecule is NCC1CCC(CN2CCN3CCCCC3C2)CC1. The Morgan fingerprint density at radius 2 is 1.63 bits per heavy atom. The lowest BCUT2D eigenvalue weighted by Crippen LogP contribution is -2.55. The van der Waals surface area contributed by atoms with Crippen LogP contribution in [0.25, 0.3) is 0 Å².